The zero-order chi connectivity index (χ0) is 27.3. The molecule has 0 bridgehead atoms. The van der Waals surface area contributed by atoms with Crippen LogP contribution in [0.5, 0.6) is 0 Å². The second-order valence-electron chi connectivity index (χ2n) is 11.9. The van der Waals surface area contributed by atoms with Crippen LogP contribution in [-0.2, 0) is 14.3 Å². The number of terminal acetylenes is 1. The van der Waals surface area contributed by atoms with Crippen LogP contribution >= 0.6 is 0 Å². The first-order valence-electron chi connectivity index (χ1n) is 13.6. The van der Waals surface area contributed by atoms with E-state index in [2.05, 4.69) is 23.5 Å². The summed E-state index contributed by atoms with van der Waals surface area (Å²) in [7, 11) is 0. The third kappa shape index (κ3) is 7.74. The van der Waals surface area contributed by atoms with Gasteiger partial charge in [0.25, 0.3) is 0 Å². The van der Waals surface area contributed by atoms with Crippen LogP contribution in [0, 0.1) is 24.2 Å². The van der Waals surface area contributed by atoms with Gasteiger partial charge < -0.3 is 20.3 Å². The average molecular weight is 510 g/mol. The fourth-order valence-electron chi connectivity index (χ4n) is 5.01. The van der Waals surface area contributed by atoms with Gasteiger partial charge in [0.1, 0.15) is 17.7 Å². The van der Waals surface area contributed by atoms with E-state index < -0.39 is 23.8 Å². The summed E-state index contributed by atoms with van der Waals surface area (Å²) in [6, 6.07) is 5.61. The smallest absolute Gasteiger partial charge is 0.408 e. The highest BCUT2D eigenvalue weighted by atomic mass is 16.6. The Kier molecular flexibility index (Phi) is 9.28. The maximum Gasteiger partial charge on any atom is 0.408 e. The Bertz CT molecular complexity index is 999. The summed E-state index contributed by atoms with van der Waals surface area (Å²) in [5.41, 5.74) is 0.722. The number of carbonyl (C=O) groups excluding carboxylic acids is 3. The Balaban J connectivity index is 1.96. The van der Waals surface area contributed by atoms with Crippen molar-refractivity contribution in [2.24, 2.45) is 11.8 Å². The number of nitrogens with zero attached hydrogens (tertiary/aromatic N) is 1. The highest BCUT2D eigenvalue weighted by Crippen LogP contribution is 2.41. The number of alkyl carbamates (subject to hydrolysis) is 1. The van der Waals surface area contributed by atoms with Gasteiger partial charge in [-0.15, -0.1) is 6.42 Å². The van der Waals surface area contributed by atoms with Gasteiger partial charge in [-0.3, -0.25) is 9.59 Å². The number of hydrogen-bond donors (Lipinski definition) is 2. The lowest BCUT2D eigenvalue weighted by Crippen LogP contribution is -2.56. The number of hydrogen-bond acceptors (Lipinski definition) is 4. The Morgan fingerprint density at radius 3 is 2.16 bits per heavy atom. The Labute approximate surface area is 222 Å². The molecule has 2 aliphatic rings. The second-order valence-corrected chi connectivity index (χ2v) is 11.9. The van der Waals surface area contributed by atoms with E-state index in [0.29, 0.717) is 11.1 Å². The molecule has 1 aromatic rings. The molecule has 0 aromatic heterocycles. The summed E-state index contributed by atoms with van der Waals surface area (Å²) in [4.78, 5) is 42.4. The molecule has 4 atom stereocenters. The maximum absolute atomic E-state index is 14.2. The summed E-state index contributed by atoms with van der Waals surface area (Å²) in [5, 5.41) is 6.02. The van der Waals surface area contributed by atoms with Crippen LogP contribution in [0.15, 0.2) is 24.3 Å². The van der Waals surface area contributed by atoms with Crippen LogP contribution in [0.2, 0.25) is 0 Å². The third-order valence-electron chi connectivity index (χ3n) is 7.15. The zero-order valence-corrected chi connectivity index (χ0v) is 23.2. The number of carbonyl (C=O) groups is 3. The molecule has 2 N–H and O–H groups in total. The topological polar surface area (TPSA) is 87.7 Å². The van der Waals surface area contributed by atoms with Crippen molar-refractivity contribution < 1.29 is 19.1 Å². The van der Waals surface area contributed by atoms with Crippen molar-refractivity contribution >= 4 is 17.9 Å². The van der Waals surface area contributed by atoms with Crippen molar-refractivity contribution in [2.75, 3.05) is 0 Å². The molecule has 3 amide bonds. The molecule has 37 heavy (non-hydrogen) atoms. The summed E-state index contributed by atoms with van der Waals surface area (Å²) < 4.78 is 5.45. The Hall–Kier alpha value is -3.01. The molecule has 202 valence electrons. The highest BCUT2D eigenvalue weighted by Gasteiger charge is 2.48. The molecule has 0 aliphatic heterocycles. The normalized spacial score (nSPS) is 21.4. The van der Waals surface area contributed by atoms with Crippen molar-refractivity contribution in [3.05, 3.63) is 35.4 Å². The number of rotatable bonds is 8. The van der Waals surface area contributed by atoms with Crippen molar-refractivity contribution in [1.82, 2.24) is 15.5 Å². The van der Waals surface area contributed by atoms with Gasteiger partial charge in [-0.25, -0.2) is 4.79 Å². The lowest BCUT2D eigenvalue weighted by atomic mass is 9.94. The molecule has 3 rings (SSSR count). The minimum atomic E-state index is -0.836. The van der Waals surface area contributed by atoms with E-state index >= 15 is 0 Å². The molecule has 2 fully saturated rings. The largest absolute Gasteiger partial charge is 0.444 e. The van der Waals surface area contributed by atoms with Gasteiger partial charge >= 0.3 is 6.09 Å². The molecule has 2 aliphatic carbocycles. The van der Waals surface area contributed by atoms with E-state index in [1.807, 2.05) is 26.0 Å². The van der Waals surface area contributed by atoms with Crippen molar-refractivity contribution in [3.8, 4) is 12.3 Å². The first-order valence-corrected chi connectivity index (χ1v) is 13.6. The summed E-state index contributed by atoms with van der Waals surface area (Å²) in [6.45, 7) is 11.2. The van der Waals surface area contributed by atoms with E-state index in [-0.39, 0.29) is 35.7 Å². The van der Waals surface area contributed by atoms with Crippen molar-refractivity contribution in [3.63, 3.8) is 0 Å². The molecule has 0 spiro atoms. The van der Waals surface area contributed by atoms with Gasteiger partial charge in [0.2, 0.25) is 11.8 Å². The van der Waals surface area contributed by atoms with Gasteiger partial charge in [-0.05, 0) is 69.6 Å². The Morgan fingerprint density at radius 2 is 1.68 bits per heavy atom. The molecule has 2 saturated carbocycles. The molecule has 7 nitrogen and oxygen atoms in total. The Morgan fingerprint density at radius 1 is 1.08 bits per heavy atom. The molecule has 0 radical (unpaired) electrons. The standard InChI is InChI=1S/C30H43N3O4/c1-8-21-14-16-22(17-15-21)26(27(34)31-23-12-10-9-11-13-23)33(24-18-20(24)4)28(35)25(19(2)3)32-29(36)37-30(5,6)7/h1,14-17,19-20,23-26H,9-13,18H2,2-7H3,(H,31,34)(H,32,36). The summed E-state index contributed by atoms with van der Waals surface area (Å²) in [6.07, 6.45) is 11.0. The van der Waals surface area contributed by atoms with Gasteiger partial charge in [0, 0.05) is 17.6 Å². The lowest BCUT2D eigenvalue weighted by Gasteiger charge is -2.37. The van der Waals surface area contributed by atoms with Gasteiger partial charge in [-0.2, -0.15) is 0 Å². The predicted molar refractivity (Wildman–Crippen MR) is 145 cm³/mol. The maximum atomic E-state index is 14.2. The molecular formula is C30H43N3O4. The van der Waals surface area contributed by atoms with E-state index in [9.17, 15) is 14.4 Å². The fraction of sp³-hybridized carbons (Fsp3) is 0.633. The molecule has 1 aromatic carbocycles. The molecule has 7 heteroatoms. The number of nitrogens with one attached hydrogen (secondary N) is 2. The minimum absolute atomic E-state index is 0.0939. The second kappa shape index (κ2) is 12.0. The first-order chi connectivity index (χ1) is 17.4. The van der Waals surface area contributed by atoms with E-state index in [4.69, 9.17) is 11.2 Å². The molecule has 0 saturated heterocycles. The van der Waals surface area contributed by atoms with Crippen molar-refractivity contribution in [1.29, 1.82) is 0 Å². The number of amides is 3. The number of ether oxygens (including phenoxy) is 1. The monoisotopic (exact) mass is 509 g/mol. The summed E-state index contributed by atoms with van der Waals surface area (Å²) >= 11 is 0. The van der Waals surface area contributed by atoms with Crippen LogP contribution < -0.4 is 10.6 Å². The van der Waals surface area contributed by atoms with E-state index in [0.717, 1.165) is 32.1 Å². The lowest BCUT2D eigenvalue weighted by molar-refractivity contribution is -0.144. The highest BCUT2D eigenvalue weighted by molar-refractivity contribution is 5.93. The SMILES string of the molecule is C#Cc1ccc(C(C(=O)NC2CCCCC2)N(C(=O)C(NC(=O)OC(C)(C)C)C(C)C)C2CC2C)cc1. The first kappa shape index (κ1) is 28.6. The van der Waals surface area contributed by atoms with Crippen LogP contribution in [-0.4, -0.2) is 46.5 Å². The van der Waals surface area contributed by atoms with Gasteiger partial charge in [-0.1, -0.05) is 58.1 Å². The molecular weight excluding hydrogens is 466 g/mol. The third-order valence-corrected chi connectivity index (χ3v) is 7.15. The summed E-state index contributed by atoms with van der Waals surface area (Å²) in [5.74, 6) is 2.20. The molecule has 4 unspecified atom stereocenters. The van der Waals surface area contributed by atoms with Crippen LogP contribution in [0.1, 0.15) is 97.2 Å². The van der Waals surface area contributed by atoms with Crippen LogP contribution in [0.3, 0.4) is 0 Å². The number of benzene rings is 1. The van der Waals surface area contributed by atoms with E-state index in [1.54, 1.807) is 37.8 Å². The minimum Gasteiger partial charge on any atom is -0.444 e. The van der Waals surface area contributed by atoms with Crippen LogP contribution in [0.4, 0.5) is 4.79 Å². The quantitative estimate of drug-likeness (QED) is 0.486. The van der Waals surface area contributed by atoms with Gasteiger partial charge in [0.05, 0.1) is 0 Å². The fourth-order valence-corrected chi connectivity index (χ4v) is 5.01. The molecule has 0 heterocycles. The predicted octanol–water partition coefficient (Wildman–Crippen LogP) is 4.94. The van der Waals surface area contributed by atoms with Gasteiger partial charge in [0.15, 0.2) is 0 Å². The average Bonchev–Trinajstić information content (AvgIpc) is 3.55. The zero-order valence-electron chi connectivity index (χ0n) is 23.2. The van der Waals surface area contributed by atoms with E-state index in [1.165, 1.54) is 6.42 Å². The van der Waals surface area contributed by atoms with Crippen molar-refractivity contribution in [2.45, 2.75) is 110 Å². The van der Waals surface area contributed by atoms with Crippen LogP contribution in [0.25, 0.3) is 0 Å².